The number of rotatable bonds is 5. The van der Waals surface area contributed by atoms with Crippen molar-refractivity contribution in [1.29, 1.82) is 0 Å². The van der Waals surface area contributed by atoms with E-state index in [-0.39, 0.29) is 12.0 Å². The monoisotopic (exact) mass is 287 g/mol. The van der Waals surface area contributed by atoms with Gasteiger partial charge in [-0.1, -0.05) is 6.07 Å². The van der Waals surface area contributed by atoms with Crippen molar-refractivity contribution in [3.8, 4) is 0 Å². The third kappa shape index (κ3) is 3.42. The van der Waals surface area contributed by atoms with Crippen LogP contribution in [0.4, 0.5) is 0 Å². The molecule has 1 fully saturated rings. The van der Waals surface area contributed by atoms with E-state index < -0.39 is 0 Å². The van der Waals surface area contributed by atoms with Crippen molar-refractivity contribution in [2.24, 2.45) is 7.05 Å². The Labute approximate surface area is 124 Å². The number of fused-ring (bicyclic) bond motifs is 1. The second-order valence-electron chi connectivity index (χ2n) is 5.63. The lowest BCUT2D eigenvalue weighted by Crippen LogP contribution is -2.23. The number of nitrogens with one attached hydrogen (secondary N) is 1. The fraction of sp³-hybridized carbons (Fsp3) is 0.500. The predicted molar refractivity (Wildman–Crippen MR) is 80.8 cm³/mol. The van der Waals surface area contributed by atoms with Crippen molar-refractivity contribution >= 4 is 16.9 Å². The highest BCUT2D eigenvalue weighted by atomic mass is 16.5. The first kappa shape index (κ1) is 14.1. The Morgan fingerprint density at radius 1 is 1.52 bits per heavy atom. The summed E-state index contributed by atoms with van der Waals surface area (Å²) in [5.41, 5.74) is 3.14. The molecule has 1 amide bonds. The van der Waals surface area contributed by atoms with Crippen molar-refractivity contribution < 1.29 is 9.53 Å². The van der Waals surface area contributed by atoms with E-state index in [2.05, 4.69) is 10.3 Å². The molecular formula is C16H21N3O2. The quantitative estimate of drug-likeness (QED) is 0.916. The standard InChI is InChI=1S/C16H21N3O2/c1-19-11-18-14-9-12(4-6-15(14)19)10-17-16(20)7-5-13-3-2-8-21-13/h4,6,9,11,13H,2-3,5,7-8,10H2,1H3,(H,17,20)/t13-/m1/s1. The van der Waals surface area contributed by atoms with Crippen LogP contribution in [0.2, 0.25) is 0 Å². The Bertz CT molecular complexity index is 629. The number of hydrogen-bond acceptors (Lipinski definition) is 3. The number of carbonyl (C=O) groups is 1. The molecule has 0 bridgehead atoms. The Kier molecular flexibility index (Phi) is 4.20. The van der Waals surface area contributed by atoms with E-state index in [0.717, 1.165) is 42.5 Å². The summed E-state index contributed by atoms with van der Waals surface area (Å²) in [6.07, 6.45) is 5.65. The largest absolute Gasteiger partial charge is 0.378 e. The van der Waals surface area contributed by atoms with Crippen molar-refractivity contribution in [2.45, 2.75) is 38.3 Å². The first-order valence-corrected chi connectivity index (χ1v) is 7.50. The van der Waals surface area contributed by atoms with E-state index in [1.54, 1.807) is 6.33 Å². The lowest BCUT2D eigenvalue weighted by atomic mass is 10.1. The lowest BCUT2D eigenvalue weighted by molar-refractivity contribution is -0.121. The number of ether oxygens (including phenoxy) is 1. The number of carbonyl (C=O) groups excluding carboxylic acids is 1. The zero-order valence-electron chi connectivity index (χ0n) is 12.3. The predicted octanol–water partition coefficient (Wildman–Crippen LogP) is 2.15. The van der Waals surface area contributed by atoms with Gasteiger partial charge >= 0.3 is 0 Å². The number of hydrogen-bond donors (Lipinski definition) is 1. The van der Waals surface area contributed by atoms with Crippen LogP contribution in [0.3, 0.4) is 0 Å². The Morgan fingerprint density at radius 2 is 2.43 bits per heavy atom. The van der Waals surface area contributed by atoms with Gasteiger partial charge in [-0.2, -0.15) is 0 Å². The number of imidazole rings is 1. The minimum Gasteiger partial charge on any atom is -0.378 e. The van der Waals surface area contributed by atoms with Gasteiger partial charge in [0.05, 0.1) is 23.5 Å². The Morgan fingerprint density at radius 3 is 3.24 bits per heavy atom. The van der Waals surface area contributed by atoms with Crippen LogP contribution >= 0.6 is 0 Å². The molecule has 1 aromatic carbocycles. The van der Waals surface area contributed by atoms with Crippen molar-refractivity contribution in [2.75, 3.05) is 6.61 Å². The van der Waals surface area contributed by atoms with Crippen molar-refractivity contribution in [3.05, 3.63) is 30.1 Å². The van der Waals surface area contributed by atoms with E-state index in [1.165, 1.54) is 0 Å². The van der Waals surface area contributed by atoms with E-state index in [1.807, 2.05) is 29.8 Å². The summed E-state index contributed by atoms with van der Waals surface area (Å²) in [5.74, 6) is 0.0895. The molecular weight excluding hydrogens is 266 g/mol. The molecule has 112 valence electrons. The van der Waals surface area contributed by atoms with Gasteiger partial charge in [-0.15, -0.1) is 0 Å². The molecule has 1 N–H and O–H groups in total. The van der Waals surface area contributed by atoms with Crippen LogP contribution in [0.25, 0.3) is 11.0 Å². The number of benzene rings is 1. The molecule has 1 aliphatic heterocycles. The molecule has 21 heavy (non-hydrogen) atoms. The smallest absolute Gasteiger partial charge is 0.220 e. The van der Waals surface area contributed by atoms with Gasteiger partial charge in [0.2, 0.25) is 5.91 Å². The molecule has 1 atom stereocenters. The summed E-state index contributed by atoms with van der Waals surface area (Å²) >= 11 is 0. The molecule has 2 aromatic rings. The van der Waals surface area contributed by atoms with Crippen molar-refractivity contribution in [1.82, 2.24) is 14.9 Å². The highest BCUT2D eigenvalue weighted by Crippen LogP contribution is 2.17. The molecule has 0 saturated carbocycles. The average Bonchev–Trinajstić information content (AvgIpc) is 3.13. The highest BCUT2D eigenvalue weighted by Gasteiger charge is 2.16. The molecule has 0 radical (unpaired) electrons. The van der Waals surface area contributed by atoms with Gasteiger partial charge in [0.1, 0.15) is 0 Å². The molecule has 2 heterocycles. The third-order valence-electron chi connectivity index (χ3n) is 4.00. The van der Waals surface area contributed by atoms with Gasteiger partial charge in [0.15, 0.2) is 0 Å². The number of nitrogens with zero attached hydrogens (tertiary/aromatic N) is 2. The summed E-state index contributed by atoms with van der Waals surface area (Å²) in [4.78, 5) is 16.2. The highest BCUT2D eigenvalue weighted by molar-refractivity contribution is 5.77. The number of aromatic nitrogens is 2. The first-order valence-electron chi connectivity index (χ1n) is 7.50. The van der Waals surface area contributed by atoms with Crippen LogP contribution < -0.4 is 5.32 Å². The van der Waals surface area contributed by atoms with Crippen molar-refractivity contribution in [3.63, 3.8) is 0 Å². The van der Waals surface area contributed by atoms with E-state index in [0.29, 0.717) is 13.0 Å². The van der Waals surface area contributed by atoms with Gasteiger partial charge in [-0.25, -0.2) is 4.98 Å². The van der Waals surface area contributed by atoms with Crippen LogP contribution in [-0.4, -0.2) is 28.2 Å². The maximum absolute atomic E-state index is 11.9. The fourth-order valence-electron chi connectivity index (χ4n) is 2.74. The maximum Gasteiger partial charge on any atom is 0.220 e. The average molecular weight is 287 g/mol. The Hall–Kier alpha value is -1.88. The topological polar surface area (TPSA) is 56.2 Å². The van der Waals surface area contributed by atoms with E-state index >= 15 is 0 Å². The maximum atomic E-state index is 11.9. The second kappa shape index (κ2) is 6.26. The van der Waals surface area contributed by atoms with Gasteiger partial charge in [-0.3, -0.25) is 4.79 Å². The minimum absolute atomic E-state index is 0.0895. The van der Waals surface area contributed by atoms with Crippen LogP contribution in [0, 0.1) is 0 Å². The summed E-state index contributed by atoms with van der Waals surface area (Å²) in [6, 6.07) is 6.09. The molecule has 1 saturated heterocycles. The molecule has 0 spiro atoms. The molecule has 0 aliphatic carbocycles. The number of amides is 1. The summed E-state index contributed by atoms with van der Waals surface area (Å²) in [7, 11) is 1.97. The zero-order valence-corrected chi connectivity index (χ0v) is 12.3. The van der Waals surface area contributed by atoms with Crippen LogP contribution in [0.15, 0.2) is 24.5 Å². The third-order valence-corrected chi connectivity index (χ3v) is 4.00. The Balaban J connectivity index is 1.49. The normalized spacial score (nSPS) is 18.2. The molecule has 1 aliphatic rings. The minimum atomic E-state index is 0.0895. The van der Waals surface area contributed by atoms with Crippen LogP contribution in [0.1, 0.15) is 31.2 Å². The lowest BCUT2D eigenvalue weighted by Gasteiger charge is -2.09. The van der Waals surface area contributed by atoms with Gasteiger partial charge < -0.3 is 14.6 Å². The molecule has 1 aromatic heterocycles. The molecule has 3 rings (SSSR count). The summed E-state index contributed by atoms with van der Waals surface area (Å²) in [6.45, 7) is 1.40. The SMILES string of the molecule is Cn1cnc2cc(CNC(=O)CC[C@H]3CCCO3)ccc21. The van der Waals surface area contributed by atoms with Gasteiger partial charge in [0.25, 0.3) is 0 Å². The van der Waals surface area contributed by atoms with Gasteiger partial charge in [-0.05, 0) is 37.0 Å². The molecule has 5 heteroatoms. The second-order valence-corrected chi connectivity index (χ2v) is 5.63. The summed E-state index contributed by atoms with van der Waals surface area (Å²) in [5, 5.41) is 2.97. The zero-order chi connectivity index (χ0) is 14.7. The number of aryl methyl sites for hydroxylation is 1. The fourth-order valence-corrected chi connectivity index (χ4v) is 2.74. The van der Waals surface area contributed by atoms with E-state index in [9.17, 15) is 4.79 Å². The molecule has 5 nitrogen and oxygen atoms in total. The van der Waals surface area contributed by atoms with E-state index in [4.69, 9.17) is 4.74 Å². The first-order chi connectivity index (χ1) is 10.2. The van der Waals surface area contributed by atoms with Crippen LogP contribution in [-0.2, 0) is 23.1 Å². The van der Waals surface area contributed by atoms with Gasteiger partial charge in [0, 0.05) is 26.6 Å². The molecule has 0 unspecified atom stereocenters. The van der Waals surface area contributed by atoms with Crippen LogP contribution in [0.5, 0.6) is 0 Å². The summed E-state index contributed by atoms with van der Waals surface area (Å²) < 4.78 is 7.51.